The number of benzene rings is 2. The Balaban J connectivity index is 0.000000156. The maximum Gasteiger partial charge on any atom is 0.110 e. The second kappa shape index (κ2) is 8.18. The first kappa shape index (κ1) is 18.9. The van der Waals surface area contributed by atoms with Crippen molar-refractivity contribution in [1.82, 2.24) is 9.13 Å². The molecule has 4 nitrogen and oxygen atoms in total. The number of hydrogen-bond acceptors (Lipinski definition) is 2. The summed E-state index contributed by atoms with van der Waals surface area (Å²) in [5.74, 6) is 0. The molecule has 0 amide bonds. The average molecular weight is 395 g/mol. The lowest BCUT2D eigenvalue weighted by molar-refractivity contribution is 0.871. The predicted octanol–water partition coefficient (Wildman–Crippen LogP) is 5.94. The van der Waals surface area contributed by atoms with E-state index in [9.17, 15) is 0 Å². The highest BCUT2D eigenvalue weighted by atomic mass is 35.5. The topological polar surface area (TPSA) is 57.4 Å². The normalized spacial score (nSPS) is 10.3. The van der Waals surface area contributed by atoms with Gasteiger partial charge in [0.1, 0.15) is 13.1 Å². The van der Waals surface area contributed by atoms with Gasteiger partial charge in [-0.15, -0.1) is 0 Å². The fourth-order valence-electron chi connectivity index (χ4n) is 3.03. The highest BCUT2D eigenvalue weighted by Crippen LogP contribution is 2.24. The summed E-state index contributed by atoms with van der Waals surface area (Å²) >= 11 is 11.8. The van der Waals surface area contributed by atoms with Gasteiger partial charge in [-0.25, -0.2) is 0 Å². The molecule has 27 heavy (non-hydrogen) atoms. The number of nitrogens with zero attached hydrogens (tertiary/aromatic N) is 4. The number of hydrogen-bond donors (Lipinski definition) is 0. The van der Waals surface area contributed by atoms with Crippen molar-refractivity contribution in [2.24, 2.45) is 0 Å². The van der Waals surface area contributed by atoms with E-state index in [0.717, 1.165) is 21.8 Å². The standard InChI is InChI=1S/C11H9ClN2.C10H7ClN2/c1-8-7-14(5-4-13)11-6-9(12)2-3-10(8)11;11-9-2-1-8-3-5-13(6-4-12)10(8)7-9/h2-3,6-7H,5H2,1H3;1-3,5,7H,6H2. The van der Waals surface area contributed by atoms with Gasteiger partial charge in [0.05, 0.1) is 23.2 Å². The monoisotopic (exact) mass is 394 g/mol. The van der Waals surface area contributed by atoms with Crippen LogP contribution in [0.1, 0.15) is 5.56 Å². The molecule has 4 rings (SSSR count). The van der Waals surface area contributed by atoms with Gasteiger partial charge in [-0.3, -0.25) is 0 Å². The van der Waals surface area contributed by atoms with E-state index in [4.69, 9.17) is 33.7 Å². The van der Waals surface area contributed by atoms with E-state index in [1.54, 1.807) is 0 Å². The third kappa shape index (κ3) is 4.09. The number of rotatable bonds is 2. The predicted molar refractivity (Wildman–Crippen MR) is 110 cm³/mol. The summed E-state index contributed by atoms with van der Waals surface area (Å²) in [7, 11) is 0. The molecule has 2 aromatic carbocycles. The molecule has 0 radical (unpaired) electrons. The van der Waals surface area contributed by atoms with Gasteiger partial charge in [0, 0.05) is 27.8 Å². The van der Waals surface area contributed by atoms with Gasteiger partial charge >= 0.3 is 0 Å². The number of aryl methyl sites for hydroxylation is 1. The molecule has 2 heterocycles. The lowest BCUT2D eigenvalue weighted by atomic mass is 10.2. The number of halogens is 2. The second-order valence-electron chi connectivity index (χ2n) is 6.06. The van der Waals surface area contributed by atoms with Crippen LogP contribution in [0.3, 0.4) is 0 Å². The van der Waals surface area contributed by atoms with Gasteiger partial charge in [-0.05, 0) is 48.2 Å². The summed E-state index contributed by atoms with van der Waals surface area (Å²) in [5, 5.41) is 20.9. The molecule has 0 saturated heterocycles. The van der Waals surface area contributed by atoms with E-state index in [2.05, 4.69) is 12.1 Å². The summed E-state index contributed by atoms with van der Waals surface area (Å²) in [6.45, 7) is 2.76. The minimum atomic E-state index is 0.365. The number of aromatic nitrogens is 2. The first-order valence-corrected chi connectivity index (χ1v) is 9.02. The lowest BCUT2D eigenvalue weighted by Gasteiger charge is -1.98. The first-order chi connectivity index (χ1) is 13.0. The number of nitriles is 2. The Morgan fingerprint density at radius 2 is 1.48 bits per heavy atom. The van der Waals surface area contributed by atoms with Crippen molar-refractivity contribution >= 4 is 45.0 Å². The van der Waals surface area contributed by atoms with Crippen LogP contribution in [0.15, 0.2) is 54.9 Å². The fourth-order valence-corrected chi connectivity index (χ4v) is 3.36. The zero-order valence-electron chi connectivity index (χ0n) is 14.7. The van der Waals surface area contributed by atoms with Crippen LogP contribution in [0.5, 0.6) is 0 Å². The van der Waals surface area contributed by atoms with Gasteiger partial charge in [-0.2, -0.15) is 10.5 Å². The van der Waals surface area contributed by atoms with Crippen LogP contribution in [0.4, 0.5) is 0 Å². The first-order valence-electron chi connectivity index (χ1n) is 8.27. The molecule has 0 aliphatic carbocycles. The van der Waals surface area contributed by atoms with Gasteiger partial charge in [0.15, 0.2) is 0 Å². The zero-order valence-corrected chi connectivity index (χ0v) is 16.2. The summed E-state index contributed by atoms with van der Waals surface area (Å²) in [4.78, 5) is 0. The summed E-state index contributed by atoms with van der Waals surface area (Å²) < 4.78 is 3.79. The SMILES string of the molecule is Cc1cn(CC#N)c2cc(Cl)ccc12.N#CCn1ccc2ccc(Cl)cc21. The molecule has 0 aliphatic heterocycles. The Kier molecular flexibility index (Phi) is 5.72. The van der Waals surface area contributed by atoms with E-state index < -0.39 is 0 Å². The third-order valence-electron chi connectivity index (χ3n) is 4.26. The summed E-state index contributed by atoms with van der Waals surface area (Å²) in [5.41, 5.74) is 3.21. The molecule has 0 bridgehead atoms. The lowest BCUT2D eigenvalue weighted by Crippen LogP contribution is -1.91. The minimum absolute atomic E-state index is 0.365. The Labute approximate surface area is 167 Å². The number of fused-ring (bicyclic) bond motifs is 2. The van der Waals surface area contributed by atoms with Gasteiger partial charge < -0.3 is 9.13 Å². The molecule has 0 atom stereocenters. The Bertz CT molecular complexity index is 1190. The van der Waals surface area contributed by atoms with Gasteiger partial charge in [0.2, 0.25) is 0 Å². The molecule has 0 unspecified atom stereocenters. The van der Waals surface area contributed by atoms with Crippen molar-refractivity contribution in [3.63, 3.8) is 0 Å². The Morgan fingerprint density at radius 1 is 0.852 bits per heavy atom. The van der Waals surface area contributed by atoms with Crippen LogP contribution < -0.4 is 0 Å². The maximum atomic E-state index is 8.65. The summed E-state index contributed by atoms with van der Waals surface area (Å²) in [6, 6.07) is 17.6. The van der Waals surface area contributed by atoms with Crippen molar-refractivity contribution in [3.05, 3.63) is 70.5 Å². The molecule has 0 saturated carbocycles. The van der Waals surface area contributed by atoms with Crippen LogP contribution >= 0.6 is 23.2 Å². The molecule has 0 fully saturated rings. The minimum Gasteiger partial charge on any atom is -0.334 e. The van der Waals surface area contributed by atoms with E-state index in [1.807, 2.05) is 70.9 Å². The van der Waals surface area contributed by atoms with Crippen molar-refractivity contribution in [1.29, 1.82) is 10.5 Å². The smallest absolute Gasteiger partial charge is 0.110 e. The fraction of sp³-hybridized carbons (Fsp3) is 0.143. The largest absolute Gasteiger partial charge is 0.334 e. The quantitative estimate of drug-likeness (QED) is 0.421. The highest BCUT2D eigenvalue weighted by Gasteiger charge is 2.05. The van der Waals surface area contributed by atoms with Crippen LogP contribution in [0.25, 0.3) is 21.8 Å². The third-order valence-corrected chi connectivity index (χ3v) is 4.73. The molecular weight excluding hydrogens is 379 g/mol. The molecule has 6 heteroatoms. The summed E-state index contributed by atoms with van der Waals surface area (Å²) in [6.07, 6.45) is 3.87. The molecule has 134 valence electrons. The van der Waals surface area contributed by atoms with E-state index in [1.165, 1.54) is 5.56 Å². The van der Waals surface area contributed by atoms with Crippen molar-refractivity contribution in [2.75, 3.05) is 0 Å². The van der Waals surface area contributed by atoms with Crippen molar-refractivity contribution in [3.8, 4) is 12.1 Å². The van der Waals surface area contributed by atoms with Gasteiger partial charge in [-0.1, -0.05) is 35.3 Å². The van der Waals surface area contributed by atoms with Crippen LogP contribution in [-0.2, 0) is 13.1 Å². The van der Waals surface area contributed by atoms with Crippen molar-refractivity contribution in [2.45, 2.75) is 20.0 Å². The zero-order chi connectivity index (χ0) is 19.4. The Hall–Kier alpha value is -2.92. The molecular formula is C21H16Cl2N4. The molecule has 4 aromatic rings. The maximum absolute atomic E-state index is 8.65. The Morgan fingerprint density at radius 3 is 2.19 bits per heavy atom. The van der Waals surface area contributed by atoms with E-state index >= 15 is 0 Å². The van der Waals surface area contributed by atoms with E-state index in [0.29, 0.717) is 23.1 Å². The molecule has 0 spiro atoms. The van der Waals surface area contributed by atoms with Crippen LogP contribution in [0, 0.1) is 29.6 Å². The van der Waals surface area contributed by atoms with Crippen LogP contribution in [0.2, 0.25) is 10.0 Å². The highest BCUT2D eigenvalue weighted by molar-refractivity contribution is 6.31. The molecule has 0 aliphatic rings. The molecule has 0 N–H and O–H groups in total. The van der Waals surface area contributed by atoms with Crippen molar-refractivity contribution < 1.29 is 0 Å². The van der Waals surface area contributed by atoms with Gasteiger partial charge in [0.25, 0.3) is 0 Å². The van der Waals surface area contributed by atoms with Crippen LogP contribution in [-0.4, -0.2) is 9.13 Å². The van der Waals surface area contributed by atoms with E-state index in [-0.39, 0.29) is 0 Å². The second-order valence-corrected chi connectivity index (χ2v) is 6.94. The molecule has 2 aromatic heterocycles. The average Bonchev–Trinajstić information content (AvgIpc) is 3.17.